The van der Waals surface area contributed by atoms with Gasteiger partial charge in [0.1, 0.15) is 11.1 Å². The molecular formula is C13H8BrF2NO3. The smallest absolute Gasteiger partial charge is 0.283 e. The number of hydrogen-bond donors (Lipinski definition) is 0. The van der Waals surface area contributed by atoms with Crippen LogP contribution in [-0.2, 0) is 6.61 Å². The highest BCUT2D eigenvalue weighted by Gasteiger charge is 2.16. The molecule has 0 N–H and O–H groups in total. The second-order valence-corrected chi connectivity index (χ2v) is 4.64. The predicted octanol–water partition coefficient (Wildman–Crippen LogP) is 4.21. The summed E-state index contributed by atoms with van der Waals surface area (Å²) in [6.07, 6.45) is 0. The Kier molecular flexibility index (Phi) is 4.29. The van der Waals surface area contributed by atoms with Gasteiger partial charge in [0.25, 0.3) is 5.69 Å². The number of hydrogen-bond acceptors (Lipinski definition) is 3. The van der Waals surface area contributed by atoms with Crippen molar-refractivity contribution in [3.05, 3.63) is 68.2 Å². The molecule has 0 fully saturated rings. The van der Waals surface area contributed by atoms with Crippen molar-refractivity contribution in [1.82, 2.24) is 0 Å². The molecule has 0 saturated heterocycles. The van der Waals surface area contributed by atoms with E-state index in [1.165, 1.54) is 24.3 Å². The van der Waals surface area contributed by atoms with E-state index in [4.69, 9.17) is 4.74 Å². The molecule has 7 heteroatoms. The number of nitro benzene ring substituents is 1. The van der Waals surface area contributed by atoms with Crippen molar-refractivity contribution in [2.75, 3.05) is 0 Å². The average molecular weight is 344 g/mol. The van der Waals surface area contributed by atoms with Crippen LogP contribution >= 0.6 is 15.9 Å². The predicted molar refractivity (Wildman–Crippen MR) is 71.5 cm³/mol. The van der Waals surface area contributed by atoms with Gasteiger partial charge in [-0.1, -0.05) is 18.2 Å². The molecular weight excluding hydrogens is 336 g/mol. The summed E-state index contributed by atoms with van der Waals surface area (Å²) in [6.45, 7) is -0.122. The van der Waals surface area contributed by atoms with E-state index >= 15 is 0 Å². The summed E-state index contributed by atoms with van der Waals surface area (Å²) >= 11 is 3.10. The van der Waals surface area contributed by atoms with E-state index in [1.807, 2.05) is 0 Å². The van der Waals surface area contributed by atoms with E-state index in [9.17, 15) is 18.9 Å². The second-order valence-electron chi connectivity index (χ2n) is 3.85. The van der Waals surface area contributed by atoms with Crippen molar-refractivity contribution in [3.63, 3.8) is 0 Å². The molecule has 0 saturated carbocycles. The first-order valence-corrected chi connectivity index (χ1v) is 6.28. The lowest BCUT2D eigenvalue weighted by Gasteiger charge is -2.09. The Bertz CT molecular complexity index is 664. The molecule has 20 heavy (non-hydrogen) atoms. The fourth-order valence-electron chi connectivity index (χ4n) is 1.57. The standard InChI is InChI=1S/C13H8BrF2NO3/c14-12-8(3-1-5-10(12)17(18)19)7-20-11-6-2-4-9(15)13(11)16/h1-6H,7H2. The van der Waals surface area contributed by atoms with Crippen LogP contribution < -0.4 is 4.74 Å². The summed E-state index contributed by atoms with van der Waals surface area (Å²) in [5, 5.41) is 10.8. The van der Waals surface area contributed by atoms with Gasteiger partial charge in [0.05, 0.1) is 4.92 Å². The molecule has 0 aliphatic heterocycles. The van der Waals surface area contributed by atoms with E-state index in [1.54, 1.807) is 6.07 Å². The molecule has 0 unspecified atom stereocenters. The third-order valence-electron chi connectivity index (χ3n) is 2.55. The maximum absolute atomic E-state index is 13.4. The second kappa shape index (κ2) is 5.96. The first kappa shape index (κ1) is 14.4. The zero-order chi connectivity index (χ0) is 14.7. The fourth-order valence-corrected chi connectivity index (χ4v) is 2.09. The Morgan fingerprint density at radius 2 is 1.90 bits per heavy atom. The first-order chi connectivity index (χ1) is 9.50. The lowest BCUT2D eigenvalue weighted by molar-refractivity contribution is -0.385. The molecule has 0 atom stereocenters. The van der Waals surface area contributed by atoms with Gasteiger partial charge in [-0.25, -0.2) is 4.39 Å². The maximum Gasteiger partial charge on any atom is 0.283 e. The minimum atomic E-state index is -1.09. The van der Waals surface area contributed by atoms with E-state index in [2.05, 4.69) is 15.9 Å². The van der Waals surface area contributed by atoms with Crippen LogP contribution in [0.1, 0.15) is 5.56 Å². The molecule has 0 heterocycles. The molecule has 0 aliphatic carbocycles. The Balaban J connectivity index is 2.21. The van der Waals surface area contributed by atoms with Gasteiger partial charge in [0.2, 0.25) is 5.82 Å². The molecule has 0 bridgehead atoms. The highest BCUT2D eigenvalue weighted by Crippen LogP contribution is 2.29. The average Bonchev–Trinajstić information content (AvgIpc) is 2.41. The zero-order valence-corrected chi connectivity index (χ0v) is 11.6. The monoisotopic (exact) mass is 343 g/mol. The molecule has 0 spiro atoms. The van der Waals surface area contributed by atoms with Crippen LogP contribution in [0.15, 0.2) is 40.9 Å². The third kappa shape index (κ3) is 2.93. The summed E-state index contributed by atoms with van der Waals surface area (Å²) in [5.74, 6) is -2.35. The summed E-state index contributed by atoms with van der Waals surface area (Å²) < 4.78 is 31.8. The van der Waals surface area contributed by atoms with Crippen LogP contribution in [-0.4, -0.2) is 4.92 Å². The minimum absolute atomic E-state index is 0.120. The van der Waals surface area contributed by atoms with Crippen molar-refractivity contribution in [2.24, 2.45) is 0 Å². The molecule has 104 valence electrons. The Hall–Kier alpha value is -2.02. The van der Waals surface area contributed by atoms with Crippen molar-refractivity contribution in [2.45, 2.75) is 6.61 Å². The van der Waals surface area contributed by atoms with Crippen LogP contribution in [0.4, 0.5) is 14.5 Å². The summed E-state index contributed by atoms with van der Waals surface area (Å²) in [4.78, 5) is 10.2. The molecule has 0 aromatic heterocycles. The molecule has 0 aliphatic rings. The van der Waals surface area contributed by atoms with Gasteiger partial charge < -0.3 is 4.74 Å². The van der Waals surface area contributed by atoms with Crippen LogP contribution in [0.2, 0.25) is 0 Å². The Morgan fingerprint density at radius 3 is 2.60 bits per heavy atom. The van der Waals surface area contributed by atoms with Gasteiger partial charge >= 0.3 is 0 Å². The Labute approximate surface area is 121 Å². The number of nitrogens with zero attached hydrogens (tertiary/aromatic N) is 1. The molecule has 2 aromatic rings. The van der Waals surface area contributed by atoms with Crippen LogP contribution in [0.5, 0.6) is 5.75 Å². The molecule has 4 nitrogen and oxygen atoms in total. The van der Waals surface area contributed by atoms with Crippen LogP contribution in [0.3, 0.4) is 0 Å². The summed E-state index contributed by atoms with van der Waals surface area (Å²) in [5.41, 5.74) is 0.341. The van der Waals surface area contributed by atoms with E-state index < -0.39 is 16.6 Å². The van der Waals surface area contributed by atoms with Gasteiger partial charge in [0.15, 0.2) is 11.6 Å². The van der Waals surface area contributed by atoms with Gasteiger partial charge in [-0.3, -0.25) is 10.1 Å². The lowest BCUT2D eigenvalue weighted by atomic mass is 10.2. The largest absolute Gasteiger partial charge is 0.486 e. The van der Waals surface area contributed by atoms with Crippen LogP contribution in [0.25, 0.3) is 0 Å². The minimum Gasteiger partial charge on any atom is -0.486 e. The van der Waals surface area contributed by atoms with Crippen LogP contribution in [0, 0.1) is 21.7 Å². The quantitative estimate of drug-likeness (QED) is 0.617. The lowest BCUT2D eigenvalue weighted by Crippen LogP contribution is -2.01. The number of benzene rings is 2. The summed E-state index contributed by atoms with van der Waals surface area (Å²) in [7, 11) is 0. The van der Waals surface area contributed by atoms with Crippen molar-refractivity contribution < 1.29 is 18.4 Å². The first-order valence-electron chi connectivity index (χ1n) is 5.49. The van der Waals surface area contributed by atoms with Crippen molar-refractivity contribution in [1.29, 1.82) is 0 Å². The van der Waals surface area contributed by atoms with Gasteiger partial charge in [-0.05, 0) is 28.1 Å². The molecule has 2 rings (SSSR count). The number of nitro groups is 1. The fraction of sp³-hybridized carbons (Fsp3) is 0.0769. The zero-order valence-electron chi connectivity index (χ0n) is 9.98. The number of rotatable bonds is 4. The van der Waals surface area contributed by atoms with E-state index in [0.29, 0.717) is 5.56 Å². The van der Waals surface area contributed by atoms with Crippen molar-refractivity contribution >= 4 is 21.6 Å². The third-order valence-corrected chi connectivity index (χ3v) is 3.47. The van der Waals surface area contributed by atoms with Gasteiger partial charge in [-0.2, -0.15) is 4.39 Å². The van der Waals surface area contributed by atoms with Gasteiger partial charge in [-0.15, -0.1) is 0 Å². The maximum atomic E-state index is 13.4. The molecule has 2 aromatic carbocycles. The highest BCUT2D eigenvalue weighted by molar-refractivity contribution is 9.10. The molecule has 0 radical (unpaired) electrons. The van der Waals surface area contributed by atoms with Crippen molar-refractivity contribution in [3.8, 4) is 5.75 Å². The number of halogens is 3. The topological polar surface area (TPSA) is 52.4 Å². The van der Waals surface area contributed by atoms with Gasteiger partial charge in [0, 0.05) is 11.6 Å². The number of ether oxygens (including phenoxy) is 1. The molecule has 0 amide bonds. The normalized spacial score (nSPS) is 10.3. The SMILES string of the molecule is O=[N+]([O-])c1cccc(COc2cccc(F)c2F)c1Br. The summed E-state index contributed by atoms with van der Waals surface area (Å²) in [6, 6.07) is 7.99. The highest BCUT2D eigenvalue weighted by atomic mass is 79.9. The van der Waals surface area contributed by atoms with E-state index in [-0.39, 0.29) is 22.5 Å². The van der Waals surface area contributed by atoms with E-state index in [0.717, 1.165) is 6.07 Å². The Morgan fingerprint density at radius 1 is 1.20 bits per heavy atom.